The van der Waals surface area contributed by atoms with Gasteiger partial charge in [0, 0.05) is 11.8 Å². The summed E-state index contributed by atoms with van der Waals surface area (Å²) in [6.45, 7) is 0. The molecule has 0 aliphatic rings. The van der Waals surface area contributed by atoms with Gasteiger partial charge in [-0.2, -0.15) is 18.4 Å². The van der Waals surface area contributed by atoms with E-state index in [0.29, 0.717) is 9.14 Å². The summed E-state index contributed by atoms with van der Waals surface area (Å²) < 4.78 is 44.2. The van der Waals surface area contributed by atoms with Crippen molar-refractivity contribution in [1.29, 1.82) is 5.26 Å². The van der Waals surface area contributed by atoms with E-state index in [-0.39, 0.29) is 17.0 Å². The highest BCUT2D eigenvalue weighted by Gasteiger charge is 2.30. The minimum absolute atomic E-state index is 0.0715. The van der Waals surface area contributed by atoms with Crippen LogP contribution in [0.1, 0.15) is 11.3 Å². The van der Waals surface area contributed by atoms with Gasteiger partial charge in [-0.1, -0.05) is 6.07 Å². The third-order valence-corrected chi connectivity index (χ3v) is 4.47. The number of halogens is 5. The van der Waals surface area contributed by atoms with E-state index in [1.165, 1.54) is 18.2 Å². The molecule has 1 amide bonds. The smallest absolute Gasteiger partial charge is 0.416 e. The van der Waals surface area contributed by atoms with E-state index in [1.54, 1.807) is 6.07 Å². The third-order valence-electron chi connectivity index (χ3n) is 2.76. The highest BCUT2D eigenvalue weighted by atomic mass is 79.9. The number of nitrogens with zero attached hydrogens (tertiary/aromatic N) is 1. The Balaban J connectivity index is 2.23. The average Bonchev–Trinajstić information content (AvgIpc) is 2.82. The lowest BCUT2D eigenvalue weighted by molar-refractivity contribution is -0.137. The zero-order valence-corrected chi connectivity index (χ0v) is 14.8. The van der Waals surface area contributed by atoms with E-state index in [0.717, 1.165) is 18.2 Å². The van der Waals surface area contributed by atoms with E-state index in [1.807, 2.05) is 0 Å². The molecule has 2 rings (SSSR count). The van der Waals surface area contributed by atoms with Crippen LogP contribution in [0.3, 0.4) is 0 Å². The summed E-state index contributed by atoms with van der Waals surface area (Å²) in [6.07, 6.45) is -3.35. The standard InChI is InChI=1S/C15H7Br2F3N2O2/c16-12-6-11(24-13(12)17)4-8(7-21)14(23)22-10-3-1-2-9(5-10)15(18,19)20/h1-6H,(H,22,23)/b8-4-. The van der Waals surface area contributed by atoms with Crippen LogP contribution < -0.4 is 5.32 Å². The fourth-order valence-corrected chi connectivity index (χ4v) is 2.30. The van der Waals surface area contributed by atoms with Crippen molar-refractivity contribution in [2.45, 2.75) is 6.18 Å². The normalized spacial score (nSPS) is 11.9. The topological polar surface area (TPSA) is 66.0 Å². The number of carbonyl (C=O) groups excluding carboxylic acids is 1. The number of nitriles is 1. The van der Waals surface area contributed by atoms with Crippen molar-refractivity contribution < 1.29 is 22.4 Å². The molecule has 0 bridgehead atoms. The van der Waals surface area contributed by atoms with E-state index in [4.69, 9.17) is 9.68 Å². The predicted octanol–water partition coefficient (Wildman–Crippen LogP) is 5.37. The van der Waals surface area contributed by atoms with Gasteiger partial charge < -0.3 is 9.73 Å². The Kier molecular flexibility index (Phi) is 5.51. The van der Waals surface area contributed by atoms with E-state index in [2.05, 4.69) is 37.2 Å². The monoisotopic (exact) mass is 462 g/mol. The van der Waals surface area contributed by atoms with Gasteiger partial charge in [-0.3, -0.25) is 4.79 Å². The van der Waals surface area contributed by atoms with Crippen LogP contribution in [0.15, 0.2) is 49.5 Å². The van der Waals surface area contributed by atoms with Crippen molar-refractivity contribution in [3.05, 3.63) is 56.4 Å². The fourth-order valence-electron chi connectivity index (χ4n) is 1.70. The van der Waals surface area contributed by atoms with Crippen molar-refractivity contribution in [2.24, 2.45) is 0 Å². The lowest BCUT2D eigenvalue weighted by Gasteiger charge is -2.09. The maximum atomic E-state index is 12.7. The van der Waals surface area contributed by atoms with Crippen molar-refractivity contribution in [3.8, 4) is 6.07 Å². The Bertz CT molecular complexity index is 832. The highest BCUT2D eigenvalue weighted by Crippen LogP contribution is 2.31. The Labute approximate surface area is 151 Å². The molecule has 0 atom stereocenters. The molecule has 0 saturated heterocycles. The van der Waals surface area contributed by atoms with Gasteiger partial charge in [-0.25, -0.2) is 0 Å². The Hall–Kier alpha value is -2.05. The van der Waals surface area contributed by atoms with Crippen LogP contribution >= 0.6 is 31.9 Å². The number of hydrogen-bond donors (Lipinski definition) is 1. The zero-order valence-electron chi connectivity index (χ0n) is 11.6. The molecule has 0 unspecified atom stereocenters. The largest absolute Gasteiger partial charge is 0.449 e. The summed E-state index contributed by atoms with van der Waals surface area (Å²) >= 11 is 6.30. The van der Waals surface area contributed by atoms with Crippen LogP contribution in [-0.4, -0.2) is 5.91 Å². The van der Waals surface area contributed by atoms with Crippen molar-refractivity contribution in [1.82, 2.24) is 0 Å². The van der Waals surface area contributed by atoms with Gasteiger partial charge in [0.25, 0.3) is 5.91 Å². The van der Waals surface area contributed by atoms with Crippen molar-refractivity contribution >= 4 is 49.5 Å². The van der Waals surface area contributed by atoms with Crippen molar-refractivity contribution in [2.75, 3.05) is 5.32 Å². The number of alkyl halides is 3. The second kappa shape index (κ2) is 7.23. The first-order valence-electron chi connectivity index (χ1n) is 6.26. The molecule has 1 aromatic heterocycles. The molecule has 0 aliphatic heterocycles. The van der Waals surface area contributed by atoms with Gasteiger partial charge in [0.05, 0.1) is 10.0 Å². The van der Waals surface area contributed by atoms with Gasteiger partial charge in [-0.05, 0) is 56.1 Å². The zero-order chi connectivity index (χ0) is 17.9. The maximum Gasteiger partial charge on any atom is 0.416 e. The molecule has 0 saturated carbocycles. The summed E-state index contributed by atoms with van der Waals surface area (Å²) in [6, 6.07) is 7.33. The van der Waals surface area contributed by atoms with Crippen LogP contribution in [0.25, 0.3) is 6.08 Å². The van der Waals surface area contributed by atoms with E-state index >= 15 is 0 Å². The Morgan fingerprint density at radius 1 is 1.29 bits per heavy atom. The fraction of sp³-hybridized carbons (Fsp3) is 0.0667. The molecule has 1 heterocycles. The molecule has 0 radical (unpaired) electrons. The Morgan fingerprint density at radius 2 is 2.00 bits per heavy atom. The number of amides is 1. The van der Waals surface area contributed by atoms with Crippen LogP contribution in [0.2, 0.25) is 0 Å². The van der Waals surface area contributed by atoms with Crippen molar-refractivity contribution in [3.63, 3.8) is 0 Å². The molecule has 0 aliphatic carbocycles. The average molecular weight is 464 g/mol. The quantitative estimate of drug-likeness (QED) is 0.491. The minimum atomic E-state index is -4.53. The molecule has 4 nitrogen and oxygen atoms in total. The molecule has 0 spiro atoms. The second-order valence-electron chi connectivity index (χ2n) is 4.47. The summed E-state index contributed by atoms with van der Waals surface area (Å²) in [4.78, 5) is 12.1. The summed E-state index contributed by atoms with van der Waals surface area (Å²) in [7, 11) is 0. The number of rotatable bonds is 3. The van der Waals surface area contributed by atoms with Gasteiger partial charge in [0.1, 0.15) is 17.4 Å². The maximum absolute atomic E-state index is 12.7. The molecular formula is C15H7Br2F3N2O2. The van der Waals surface area contributed by atoms with Crippen LogP contribution in [0.5, 0.6) is 0 Å². The third kappa shape index (κ3) is 4.49. The highest BCUT2D eigenvalue weighted by molar-refractivity contribution is 9.13. The molecule has 2 aromatic rings. The van der Waals surface area contributed by atoms with Gasteiger partial charge in [0.15, 0.2) is 4.67 Å². The molecule has 1 N–H and O–H groups in total. The van der Waals surface area contributed by atoms with Gasteiger partial charge in [0.2, 0.25) is 0 Å². The first-order chi connectivity index (χ1) is 11.2. The number of hydrogen-bond acceptors (Lipinski definition) is 3. The number of nitrogens with one attached hydrogen (secondary N) is 1. The summed E-state index contributed by atoms with van der Waals surface area (Å²) in [5, 5.41) is 11.3. The second-order valence-corrected chi connectivity index (χ2v) is 6.05. The first-order valence-corrected chi connectivity index (χ1v) is 7.84. The van der Waals surface area contributed by atoms with E-state index in [9.17, 15) is 18.0 Å². The molecule has 24 heavy (non-hydrogen) atoms. The summed E-state index contributed by atoms with van der Waals surface area (Å²) in [5.74, 6) is -0.620. The Morgan fingerprint density at radius 3 is 2.54 bits per heavy atom. The summed E-state index contributed by atoms with van der Waals surface area (Å²) in [5.41, 5.74) is -1.29. The first kappa shape index (κ1) is 18.3. The lowest BCUT2D eigenvalue weighted by atomic mass is 10.1. The van der Waals surface area contributed by atoms with Gasteiger partial charge >= 0.3 is 6.18 Å². The van der Waals surface area contributed by atoms with Crippen LogP contribution in [0, 0.1) is 11.3 Å². The SMILES string of the molecule is N#C/C(=C/c1cc(Br)c(Br)o1)C(=O)Nc1cccc(C(F)(F)F)c1. The number of anilines is 1. The van der Waals surface area contributed by atoms with Gasteiger partial charge in [-0.15, -0.1) is 0 Å². The lowest BCUT2D eigenvalue weighted by Crippen LogP contribution is -2.14. The van der Waals surface area contributed by atoms with Crippen LogP contribution in [-0.2, 0) is 11.0 Å². The number of carbonyl (C=O) groups is 1. The molecular weight excluding hydrogens is 457 g/mol. The number of benzene rings is 1. The molecule has 1 aromatic carbocycles. The minimum Gasteiger partial charge on any atom is -0.449 e. The molecule has 9 heteroatoms. The molecule has 124 valence electrons. The molecule has 0 fully saturated rings. The predicted molar refractivity (Wildman–Crippen MR) is 87.8 cm³/mol. The number of furan rings is 1. The van der Waals surface area contributed by atoms with Crippen LogP contribution in [0.4, 0.5) is 18.9 Å². The van der Waals surface area contributed by atoms with E-state index < -0.39 is 17.6 Å².